The molecule has 0 aromatic rings. The van der Waals surface area contributed by atoms with E-state index in [1.807, 2.05) is 11.8 Å². The van der Waals surface area contributed by atoms with E-state index >= 15 is 0 Å². The molecule has 0 radical (unpaired) electrons. The molecule has 0 rings (SSSR count). The van der Waals surface area contributed by atoms with Crippen LogP contribution in [0.4, 0.5) is 0 Å². The molecule has 0 aliphatic carbocycles. The van der Waals surface area contributed by atoms with E-state index in [9.17, 15) is 4.79 Å². The molecule has 0 aliphatic heterocycles. The Bertz CT molecular complexity index is 176. The van der Waals surface area contributed by atoms with Crippen molar-refractivity contribution in [1.29, 1.82) is 0 Å². The van der Waals surface area contributed by atoms with Crippen LogP contribution in [0.25, 0.3) is 0 Å². The Balaban J connectivity index is 3.55. The van der Waals surface area contributed by atoms with Crippen LogP contribution in [0.2, 0.25) is 0 Å². The Morgan fingerprint density at radius 1 is 1.47 bits per heavy atom. The number of thioether (sulfide) groups is 1. The number of hydrogen-bond donors (Lipinski definition) is 2. The predicted octanol–water partition coefficient (Wildman–Crippen LogP) is 1.76. The minimum Gasteiger partial charge on any atom is -0.355 e. The maximum Gasteiger partial charge on any atom is 0.236 e. The highest BCUT2D eigenvalue weighted by Crippen LogP contribution is 2.08. The average Bonchev–Trinajstić information content (AvgIpc) is 2.25. The lowest BCUT2D eigenvalue weighted by Gasteiger charge is -2.13. The van der Waals surface area contributed by atoms with E-state index in [4.69, 9.17) is 5.73 Å². The standard InChI is InChI=1S/C11H24N2OS/c1-4-5-6-10(12)11(14)13-8-7-9(2)15-3/h9-10H,4-8,12H2,1-3H3,(H,13,14). The summed E-state index contributed by atoms with van der Waals surface area (Å²) in [5, 5.41) is 3.47. The highest BCUT2D eigenvalue weighted by Gasteiger charge is 2.11. The van der Waals surface area contributed by atoms with Crippen LogP contribution in [-0.2, 0) is 4.79 Å². The third kappa shape index (κ3) is 7.68. The maximum absolute atomic E-state index is 11.5. The zero-order valence-corrected chi connectivity index (χ0v) is 10.9. The molecule has 90 valence electrons. The van der Waals surface area contributed by atoms with E-state index in [1.165, 1.54) is 0 Å². The molecule has 3 N–H and O–H groups in total. The second-order valence-electron chi connectivity index (χ2n) is 3.87. The van der Waals surface area contributed by atoms with Crippen molar-refractivity contribution >= 4 is 17.7 Å². The summed E-state index contributed by atoms with van der Waals surface area (Å²) in [5.41, 5.74) is 5.74. The Morgan fingerprint density at radius 3 is 2.67 bits per heavy atom. The fraction of sp³-hybridized carbons (Fsp3) is 0.909. The summed E-state index contributed by atoms with van der Waals surface area (Å²) >= 11 is 1.82. The van der Waals surface area contributed by atoms with Crippen molar-refractivity contribution in [2.24, 2.45) is 5.73 Å². The van der Waals surface area contributed by atoms with Crippen LogP contribution < -0.4 is 11.1 Å². The van der Waals surface area contributed by atoms with E-state index in [0.717, 1.165) is 32.2 Å². The number of rotatable bonds is 8. The molecule has 0 saturated heterocycles. The molecule has 4 heteroatoms. The van der Waals surface area contributed by atoms with Gasteiger partial charge >= 0.3 is 0 Å². The van der Waals surface area contributed by atoms with Gasteiger partial charge in [0, 0.05) is 11.8 Å². The minimum atomic E-state index is -0.325. The van der Waals surface area contributed by atoms with E-state index in [-0.39, 0.29) is 11.9 Å². The molecule has 0 aliphatic rings. The molecular formula is C11H24N2OS. The Labute approximate surface area is 97.6 Å². The first-order valence-electron chi connectivity index (χ1n) is 5.67. The SMILES string of the molecule is CCCCC(N)C(=O)NCCC(C)SC. The molecule has 2 unspecified atom stereocenters. The number of unbranched alkanes of at least 4 members (excludes halogenated alkanes) is 1. The van der Waals surface area contributed by atoms with Gasteiger partial charge in [0.25, 0.3) is 0 Å². The monoisotopic (exact) mass is 232 g/mol. The van der Waals surface area contributed by atoms with Crippen molar-refractivity contribution in [2.45, 2.75) is 50.8 Å². The van der Waals surface area contributed by atoms with Gasteiger partial charge < -0.3 is 11.1 Å². The summed E-state index contributed by atoms with van der Waals surface area (Å²) in [6, 6.07) is -0.325. The lowest BCUT2D eigenvalue weighted by atomic mass is 10.1. The summed E-state index contributed by atoms with van der Waals surface area (Å²) in [4.78, 5) is 11.5. The molecule has 0 aromatic carbocycles. The van der Waals surface area contributed by atoms with Crippen LogP contribution in [0.1, 0.15) is 39.5 Å². The van der Waals surface area contributed by atoms with Gasteiger partial charge in [-0.15, -0.1) is 0 Å². The number of nitrogens with two attached hydrogens (primary N) is 1. The molecular weight excluding hydrogens is 208 g/mol. The van der Waals surface area contributed by atoms with Gasteiger partial charge in [-0.2, -0.15) is 11.8 Å². The molecule has 0 aromatic heterocycles. The molecule has 0 bridgehead atoms. The van der Waals surface area contributed by atoms with E-state index in [1.54, 1.807) is 0 Å². The smallest absolute Gasteiger partial charge is 0.236 e. The van der Waals surface area contributed by atoms with Gasteiger partial charge in [0.1, 0.15) is 0 Å². The normalized spacial score (nSPS) is 14.7. The number of amides is 1. The third-order valence-corrected chi connectivity index (χ3v) is 3.50. The predicted molar refractivity (Wildman–Crippen MR) is 68.1 cm³/mol. The lowest BCUT2D eigenvalue weighted by Crippen LogP contribution is -2.41. The van der Waals surface area contributed by atoms with Crippen LogP contribution in [0, 0.1) is 0 Å². The van der Waals surface area contributed by atoms with Gasteiger partial charge in [-0.25, -0.2) is 0 Å². The Morgan fingerprint density at radius 2 is 2.13 bits per heavy atom. The minimum absolute atomic E-state index is 0.00301. The van der Waals surface area contributed by atoms with Crippen LogP contribution in [0.15, 0.2) is 0 Å². The number of hydrogen-bond acceptors (Lipinski definition) is 3. The van der Waals surface area contributed by atoms with Crippen molar-refractivity contribution in [3.05, 3.63) is 0 Å². The fourth-order valence-electron chi connectivity index (χ4n) is 1.20. The topological polar surface area (TPSA) is 55.1 Å². The molecule has 15 heavy (non-hydrogen) atoms. The van der Waals surface area contributed by atoms with Gasteiger partial charge in [-0.1, -0.05) is 26.7 Å². The lowest BCUT2D eigenvalue weighted by molar-refractivity contribution is -0.122. The number of carbonyl (C=O) groups is 1. The maximum atomic E-state index is 11.5. The van der Waals surface area contributed by atoms with Crippen LogP contribution in [0.3, 0.4) is 0 Å². The third-order valence-electron chi connectivity index (χ3n) is 2.46. The molecule has 0 heterocycles. The van der Waals surface area contributed by atoms with Crippen LogP contribution in [-0.4, -0.2) is 30.0 Å². The van der Waals surface area contributed by atoms with Gasteiger partial charge in [0.05, 0.1) is 6.04 Å². The Hall–Kier alpha value is -0.220. The first-order valence-corrected chi connectivity index (χ1v) is 6.96. The largest absolute Gasteiger partial charge is 0.355 e. The van der Waals surface area contributed by atoms with Gasteiger partial charge in [0.2, 0.25) is 5.91 Å². The fourth-order valence-corrected chi connectivity index (χ4v) is 1.56. The summed E-state index contributed by atoms with van der Waals surface area (Å²) in [5.74, 6) is -0.00301. The van der Waals surface area contributed by atoms with Gasteiger partial charge in [-0.3, -0.25) is 4.79 Å². The second-order valence-corrected chi connectivity index (χ2v) is 5.15. The average molecular weight is 232 g/mol. The molecule has 3 nitrogen and oxygen atoms in total. The van der Waals surface area contributed by atoms with Gasteiger partial charge in [0.15, 0.2) is 0 Å². The summed E-state index contributed by atoms with van der Waals surface area (Å²) < 4.78 is 0. The first-order chi connectivity index (χ1) is 7.11. The highest BCUT2D eigenvalue weighted by molar-refractivity contribution is 7.99. The van der Waals surface area contributed by atoms with Crippen LogP contribution >= 0.6 is 11.8 Å². The second kappa shape index (κ2) is 9.04. The number of nitrogens with one attached hydrogen (secondary N) is 1. The summed E-state index contributed by atoms with van der Waals surface area (Å²) in [6.45, 7) is 5.00. The van der Waals surface area contributed by atoms with Crippen molar-refractivity contribution in [3.8, 4) is 0 Å². The summed E-state index contributed by atoms with van der Waals surface area (Å²) in [7, 11) is 0. The molecule has 2 atom stereocenters. The zero-order valence-electron chi connectivity index (χ0n) is 10.1. The summed E-state index contributed by atoms with van der Waals surface area (Å²) in [6.07, 6.45) is 5.99. The van der Waals surface area contributed by atoms with E-state index < -0.39 is 0 Å². The van der Waals surface area contributed by atoms with Crippen molar-refractivity contribution < 1.29 is 4.79 Å². The quantitative estimate of drug-likeness (QED) is 0.670. The van der Waals surface area contributed by atoms with Crippen molar-refractivity contribution in [2.75, 3.05) is 12.8 Å². The highest BCUT2D eigenvalue weighted by atomic mass is 32.2. The van der Waals surface area contributed by atoms with Gasteiger partial charge in [-0.05, 0) is 19.1 Å². The Kier molecular flexibility index (Phi) is 8.91. The number of carbonyl (C=O) groups excluding carboxylic acids is 1. The van der Waals surface area contributed by atoms with Crippen LogP contribution in [0.5, 0.6) is 0 Å². The van der Waals surface area contributed by atoms with E-state index in [2.05, 4.69) is 25.4 Å². The first kappa shape index (κ1) is 14.8. The zero-order chi connectivity index (χ0) is 11.7. The molecule has 1 amide bonds. The van der Waals surface area contributed by atoms with Crippen molar-refractivity contribution in [1.82, 2.24) is 5.32 Å². The van der Waals surface area contributed by atoms with Crippen molar-refractivity contribution in [3.63, 3.8) is 0 Å². The van der Waals surface area contributed by atoms with E-state index in [0.29, 0.717) is 5.25 Å². The molecule has 0 saturated carbocycles. The molecule has 0 fully saturated rings. The molecule has 0 spiro atoms.